The highest BCUT2D eigenvalue weighted by Crippen LogP contribution is 2.38. The highest BCUT2D eigenvalue weighted by molar-refractivity contribution is 6.35. The Morgan fingerprint density at radius 3 is 2.40 bits per heavy atom. The Bertz CT molecular complexity index is 865. The summed E-state index contributed by atoms with van der Waals surface area (Å²) >= 11 is 6.37. The lowest BCUT2D eigenvalue weighted by molar-refractivity contribution is 0.880. The quantitative estimate of drug-likeness (QED) is 0.490. The van der Waals surface area contributed by atoms with Gasteiger partial charge in [0, 0.05) is 10.9 Å². The maximum absolute atomic E-state index is 6.37. The molecule has 0 saturated heterocycles. The van der Waals surface area contributed by atoms with Crippen LogP contribution in [-0.2, 0) is 0 Å². The zero-order chi connectivity index (χ0) is 13.5. The molecular formula is C17H11ClN2. The number of hydrogen-bond acceptors (Lipinski definition) is 1. The third-order valence-electron chi connectivity index (χ3n) is 3.49. The molecule has 0 spiro atoms. The molecule has 2 nitrogen and oxygen atoms in total. The first-order valence-corrected chi connectivity index (χ1v) is 6.84. The van der Waals surface area contributed by atoms with Gasteiger partial charge >= 0.3 is 0 Å². The summed E-state index contributed by atoms with van der Waals surface area (Å²) in [5.74, 6) is 0. The first-order valence-electron chi connectivity index (χ1n) is 6.46. The number of hydrogen-bond donors (Lipinski definition) is 0. The molecule has 0 radical (unpaired) electrons. The third-order valence-corrected chi connectivity index (χ3v) is 3.81. The molecule has 0 amide bonds. The summed E-state index contributed by atoms with van der Waals surface area (Å²) in [5.41, 5.74) is 4.06. The summed E-state index contributed by atoms with van der Waals surface area (Å²) in [7, 11) is 0. The highest BCUT2D eigenvalue weighted by Gasteiger charge is 2.17. The van der Waals surface area contributed by atoms with Gasteiger partial charge in [0.25, 0.3) is 0 Å². The number of rotatable bonds is 1. The molecule has 0 aromatic heterocycles. The zero-order valence-electron chi connectivity index (χ0n) is 10.6. The van der Waals surface area contributed by atoms with Crippen LogP contribution in [0.5, 0.6) is 0 Å². The molecule has 4 rings (SSSR count). The van der Waals surface area contributed by atoms with Crippen molar-refractivity contribution in [3.8, 4) is 16.9 Å². The fraction of sp³-hybridized carbons (Fsp3) is 0. The van der Waals surface area contributed by atoms with Crippen LogP contribution in [-0.4, -0.2) is 9.78 Å². The second-order valence-electron chi connectivity index (χ2n) is 4.71. The van der Waals surface area contributed by atoms with Gasteiger partial charge < -0.3 is 0 Å². The summed E-state index contributed by atoms with van der Waals surface area (Å²) in [6.07, 6.45) is 0. The van der Waals surface area contributed by atoms with Crippen LogP contribution >= 0.6 is 11.6 Å². The topological polar surface area (TPSA) is 17.8 Å². The van der Waals surface area contributed by atoms with Crippen LogP contribution in [0.15, 0.2) is 66.7 Å². The molecule has 20 heavy (non-hydrogen) atoms. The molecule has 2 aromatic rings. The van der Waals surface area contributed by atoms with Crippen LogP contribution in [0.1, 0.15) is 0 Å². The van der Waals surface area contributed by atoms with Crippen molar-refractivity contribution in [3.05, 3.63) is 71.8 Å². The van der Waals surface area contributed by atoms with Crippen molar-refractivity contribution in [2.24, 2.45) is 0 Å². The maximum Gasteiger partial charge on any atom is 0.0919 e. The largest absolute Gasteiger partial charge is 0.232 e. The van der Waals surface area contributed by atoms with Crippen molar-refractivity contribution >= 4 is 22.5 Å². The van der Waals surface area contributed by atoms with Gasteiger partial charge in [-0.05, 0) is 30.3 Å². The van der Waals surface area contributed by atoms with Gasteiger partial charge in [-0.1, -0.05) is 48.0 Å². The molecule has 1 heterocycles. The normalized spacial score (nSPS) is 11.2. The van der Waals surface area contributed by atoms with E-state index in [1.165, 1.54) is 0 Å². The molecule has 0 N–H and O–H groups in total. The zero-order valence-corrected chi connectivity index (χ0v) is 11.4. The molecule has 3 heteroatoms. The Morgan fingerprint density at radius 2 is 1.55 bits per heavy atom. The van der Waals surface area contributed by atoms with E-state index in [2.05, 4.69) is 6.07 Å². The van der Waals surface area contributed by atoms with E-state index in [4.69, 9.17) is 16.7 Å². The summed E-state index contributed by atoms with van der Waals surface area (Å²) in [6, 6.07) is 22.1. The van der Waals surface area contributed by atoms with Gasteiger partial charge in [0.2, 0.25) is 0 Å². The Labute approximate surface area is 121 Å². The average Bonchev–Trinajstić information content (AvgIpc) is 2.90. The van der Waals surface area contributed by atoms with Crippen LogP contribution in [0, 0.1) is 0 Å². The fourth-order valence-corrected chi connectivity index (χ4v) is 2.85. The number of aromatic nitrogens is 2. The first-order chi connectivity index (χ1) is 9.84. The van der Waals surface area contributed by atoms with E-state index in [1.54, 1.807) is 0 Å². The highest BCUT2D eigenvalue weighted by atomic mass is 35.5. The molecule has 0 unspecified atom stereocenters. The third kappa shape index (κ3) is 1.62. The van der Waals surface area contributed by atoms with Crippen molar-refractivity contribution in [2.45, 2.75) is 0 Å². The number of halogens is 1. The van der Waals surface area contributed by atoms with Crippen molar-refractivity contribution in [3.63, 3.8) is 0 Å². The van der Waals surface area contributed by atoms with Crippen molar-refractivity contribution in [1.29, 1.82) is 0 Å². The van der Waals surface area contributed by atoms with Gasteiger partial charge in [0.05, 0.1) is 21.9 Å². The minimum atomic E-state index is 0.767. The van der Waals surface area contributed by atoms with E-state index in [0.717, 1.165) is 32.9 Å². The number of para-hydroxylation sites is 1. The molecule has 2 aliphatic rings. The monoisotopic (exact) mass is 278 g/mol. The second-order valence-corrected chi connectivity index (χ2v) is 5.11. The van der Waals surface area contributed by atoms with Crippen LogP contribution in [0.3, 0.4) is 0 Å². The Morgan fingerprint density at radius 1 is 0.800 bits per heavy atom. The van der Waals surface area contributed by atoms with Crippen LogP contribution < -0.4 is 0 Å². The summed E-state index contributed by atoms with van der Waals surface area (Å²) in [6.45, 7) is 0. The molecule has 2 aromatic carbocycles. The van der Waals surface area contributed by atoms with E-state index in [1.807, 2.05) is 65.3 Å². The molecule has 1 aliphatic heterocycles. The second kappa shape index (κ2) is 4.36. The van der Waals surface area contributed by atoms with Gasteiger partial charge in [-0.25, -0.2) is 4.68 Å². The average molecular weight is 279 g/mol. The minimum Gasteiger partial charge on any atom is -0.232 e. The number of benzene rings is 2. The van der Waals surface area contributed by atoms with E-state index >= 15 is 0 Å². The van der Waals surface area contributed by atoms with Gasteiger partial charge in [0.1, 0.15) is 0 Å². The smallest absolute Gasteiger partial charge is 0.0919 e. The van der Waals surface area contributed by atoms with Gasteiger partial charge in [-0.2, -0.15) is 5.10 Å². The lowest BCUT2D eigenvalue weighted by Crippen LogP contribution is -2.05. The summed E-state index contributed by atoms with van der Waals surface area (Å²) < 4.78 is 1.95. The molecule has 0 saturated carbocycles. The van der Waals surface area contributed by atoms with Crippen LogP contribution in [0.4, 0.5) is 0 Å². The first kappa shape index (κ1) is 11.5. The summed E-state index contributed by atoms with van der Waals surface area (Å²) in [4.78, 5) is 0. The van der Waals surface area contributed by atoms with Gasteiger partial charge in [-0.15, -0.1) is 0 Å². The number of fused-ring (bicyclic) bond motifs is 3. The van der Waals surface area contributed by atoms with Gasteiger partial charge in [0.15, 0.2) is 0 Å². The predicted molar refractivity (Wildman–Crippen MR) is 82.7 cm³/mol. The Balaban J connectivity index is 2.15. The predicted octanol–water partition coefficient (Wildman–Crippen LogP) is 4.78. The lowest BCUT2D eigenvalue weighted by atomic mass is 10.1. The fourth-order valence-electron chi connectivity index (χ4n) is 2.58. The van der Waals surface area contributed by atoms with Gasteiger partial charge in [-0.3, -0.25) is 0 Å². The minimum absolute atomic E-state index is 0.767. The summed E-state index contributed by atoms with van der Waals surface area (Å²) in [5, 5.41) is 6.60. The maximum atomic E-state index is 6.37. The van der Waals surface area contributed by atoms with E-state index < -0.39 is 0 Å². The van der Waals surface area contributed by atoms with E-state index in [0.29, 0.717) is 0 Å². The molecule has 1 aliphatic carbocycles. The van der Waals surface area contributed by atoms with Crippen molar-refractivity contribution in [1.82, 2.24) is 9.78 Å². The van der Waals surface area contributed by atoms with Crippen molar-refractivity contribution in [2.75, 3.05) is 0 Å². The molecular weight excluding hydrogens is 268 g/mol. The SMILES string of the molecule is Clc1ccc2n(-c3ccccc3)nc3ccccc3c1-2. The molecule has 96 valence electrons. The Kier molecular flexibility index (Phi) is 2.51. The standard InChI is InChI=1S/C17H11ClN2/c18-14-10-11-16-17(14)13-8-4-5-9-15(13)19-20(16)12-6-2-1-3-7-12/h1-11H. The molecule has 0 bridgehead atoms. The van der Waals surface area contributed by atoms with Crippen LogP contribution in [0.2, 0.25) is 5.02 Å². The van der Waals surface area contributed by atoms with Crippen LogP contribution in [0.25, 0.3) is 27.8 Å². The van der Waals surface area contributed by atoms with Crippen molar-refractivity contribution < 1.29 is 0 Å². The lowest BCUT2D eigenvalue weighted by Gasteiger charge is -2.14. The van der Waals surface area contributed by atoms with E-state index in [9.17, 15) is 0 Å². The molecule has 0 atom stereocenters. The van der Waals surface area contributed by atoms with E-state index in [-0.39, 0.29) is 0 Å². The Hall–Kier alpha value is -2.32. The number of nitrogens with zero attached hydrogens (tertiary/aromatic N) is 2. The molecule has 0 fully saturated rings.